The van der Waals surface area contributed by atoms with Gasteiger partial charge in [-0.05, 0) is 49.6 Å². The maximum absolute atomic E-state index is 14.0. The van der Waals surface area contributed by atoms with Crippen LogP contribution in [0.25, 0.3) is 5.57 Å². The third-order valence-electron chi connectivity index (χ3n) is 5.97. The zero-order valence-corrected chi connectivity index (χ0v) is 21.4. The number of anilines is 1. The lowest BCUT2D eigenvalue weighted by Crippen LogP contribution is -2.44. The number of rotatable bonds is 9. The van der Waals surface area contributed by atoms with E-state index in [0.717, 1.165) is 60.6 Å². The fourth-order valence-electron chi connectivity index (χ4n) is 3.93. The Kier molecular flexibility index (Phi) is 9.26. The number of hydrogen-bond donors (Lipinski definition) is 2. The number of hydrogen-bond acceptors (Lipinski definition) is 7. The van der Waals surface area contributed by atoms with Crippen LogP contribution in [-0.4, -0.2) is 53.4 Å². The van der Waals surface area contributed by atoms with Crippen LogP contribution in [0.2, 0.25) is 5.02 Å². The van der Waals surface area contributed by atoms with E-state index >= 15 is 0 Å². The molecule has 0 saturated carbocycles. The number of allylic oxidation sites excluding steroid dienone is 4. The summed E-state index contributed by atoms with van der Waals surface area (Å²) in [6.45, 7) is 13.2. The molecule has 1 aliphatic heterocycles. The molecule has 1 unspecified atom stereocenters. The van der Waals surface area contributed by atoms with Crippen molar-refractivity contribution in [3.63, 3.8) is 0 Å². The van der Waals surface area contributed by atoms with Crippen LogP contribution in [0.3, 0.4) is 0 Å². The molecule has 1 aromatic heterocycles. The van der Waals surface area contributed by atoms with Gasteiger partial charge in [-0.1, -0.05) is 31.2 Å². The Morgan fingerprint density at radius 2 is 2.09 bits per heavy atom. The van der Waals surface area contributed by atoms with Crippen molar-refractivity contribution in [1.29, 1.82) is 0 Å². The van der Waals surface area contributed by atoms with Gasteiger partial charge in [0.1, 0.15) is 23.5 Å². The summed E-state index contributed by atoms with van der Waals surface area (Å²) in [5.41, 5.74) is 3.55. The van der Waals surface area contributed by atoms with Crippen LogP contribution in [0.4, 0.5) is 10.2 Å². The molecule has 0 radical (unpaired) electrons. The van der Waals surface area contributed by atoms with E-state index in [-0.39, 0.29) is 16.3 Å². The van der Waals surface area contributed by atoms with Crippen LogP contribution in [0.5, 0.6) is 5.75 Å². The Labute approximate surface area is 211 Å². The van der Waals surface area contributed by atoms with E-state index in [1.54, 1.807) is 37.5 Å². The zero-order chi connectivity index (χ0) is 25.5. The highest BCUT2D eigenvalue weighted by Gasteiger charge is 2.22. The molecule has 0 amide bonds. The van der Waals surface area contributed by atoms with Gasteiger partial charge < -0.3 is 15.3 Å². The third-order valence-corrected chi connectivity index (χ3v) is 6.35. The molecular weight excluding hydrogens is 469 g/mol. The van der Waals surface area contributed by atoms with Crippen LogP contribution in [-0.2, 0) is 4.84 Å². The number of likely N-dealkylation sites (N-methyl/N-ethyl adjacent to an activating group) is 1. The molecule has 2 N–H and O–H groups in total. The molecular formula is C26H33ClFN5O2. The second-order valence-electron chi connectivity index (χ2n) is 8.33. The highest BCUT2D eigenvalue weighted by atomic mass is 35.5. The molecule has 0 bridgehead atoms. The van der Waals surface area contributed by atoms with Crippen LogP contribution in [0.15, 0.2) is 54.5 Å². The quantitative estimate of drug-likeness (QED) is 0.358. The monoisotopic (exact) mass is 501 g/mol. The summed E-state index contributed by atoms with van der Waals surface area (Å²) in [5.74, 6) is 0.101. The van der Waals surface area contributed by atoms with Gasteiger partial charge in [0, 0.05) is 38.8 Å². The van der Waals surface area contributed by atoms with Crippen LogP contribution >= 0.6 is 11.6 Å². The van der Waals surface area contributed by atoms with Crippen LogP contribution in [0, 0.1) is 5.82 Å². The normalized spacial score (nSPS) is 16.1. The molecule has 7 nitrogen and oxygen atoms in total. The van der Waals surface area contributed by atoms with Gasteiger partial charge in [0.15, 0.2) is 0 Å². The van der Waals surface area contributed by atoms with Crippen molar-refractivity contribution in [1.82, 2.24) is 20.3 Å². The lowest BCUT2D eigenvalue weighted by Gasteiger charge is -2.28. The smallest absolute Gasteiger partial charge is 0.147 e. The van der Waals surface area contributed by atoms with Crippen molar-refractivity contribution in [2.75, 3.05) is 38.1 Å². The van der Waals surface area contributed by atoms with Gasteiger partial charge in [-0.15, -0.1) is 0 Å². The molecule has 1 atom stereocenters. The second-order valence-corrected chi connectivity index (χ2v) is 8.71. The number of aromatic nitrogens is 2. The Balaban J connectivity index is 1.91. The minimum atomic E-state index is -0.717. The van der Waals surface area contributed by atoms with Gasteiger partial charge >= 0.3 is 0 Å². The van der Waals surface area contributed by atoms with E-state index in [1.165, 1.54) is 6.07 Å². The van der Waals surface area contributed by atoms with Gasteiger partial charge in [-0.3, -0.25) is 14.9 Å². The molecule has 2 aromatic rings. The summed E-state index contributed by atoms with van der Waals surface area (Å²) in [5, 5.41) is 15.0. The number of phenols is 1. The van der Waals surface area contributed by atoms with Crippen molar-refractivity contribution in [2.24, 2.45) is 0 Å². The van der Waals surface area contributed by atoms with Crippen molar-refractivity contribution < 1.29 is 14.3 Å². The van der Waals surface area contributed by atoms with Crippen LogP contribution < -0.4 is 10.2 Å². The summed E-state index contributed by atoms with van der Waals surface area (Å²) in [6, 6.07) is 2.39. The summed E-state index contributed by atoms with van der Waals surface area (Å²) >= 11 is 6.12. The number of halogens is 2. The summed E-state index contributed by atoms with van der Waals surface area (Å²) in [7, 11) is 1.75. The predicted octanol–water partition coefficient (Wildman–Crippen LogP) is 5.26. The average molecular weight is 502 g/mol. The molecule has 1 aromatic carbocycles. The Hall–Kier alpha value is -2.94. The Bertz CT molecular complexity index is 1110. The average Bonchev–Trinajstić information content (AvgIpc) is 2.87. The Morgan fingerprint density at radius 3 is 2.74 bits per heavy atom. The van der Waals surface area contributed by atoms with E-state index in [1.807, 2.05) is 13.0 Å². The highest BCUT2D eigenvalue weighted by molar-refractivity contribution is 6.31. The molecule has 2 heterocycles. The molecule has 9 heteroatoms. The molecule has 1 fully saturated rings. The lowest BCUT2D eigenvalue weighted by molar-refractivity contribution is -0.151. The van der Waals surface area contributed by atoms with Gasteiger partial charge in [-0.25, -0.2) is 9.37 Å². The van der Waals surface area contributed by atoms with Crippen molar-refractivity contribution >= 4 is 23.0 Å². The number of aromatic hydroxyl groups is 1. The fraction of sp³-hybridized carbons (Fsp3) is 0.385. The number of hydroxylamine groups is 2. The molecule has 3 rings (SSSR count). The molecule has 1 saturated heterocycles. The molecule has 188 valence electrons. The van der Waals surface area contributed by atoms with E-state index < -0.39 is 11.9 Å². The van der Waals surface area contributed by atoms with Crippen LogP contribution in [0.1, 0.15) is 44.6 Å². The fourth-order valence-corrected chi connectivity index (χ4v) is 4.24. The summed E-state index contributed by atoms with van der Waals surface area (Å²) < 4.78 is 14.0. The molecule has 1 aliphatic rings. The van der Waals surface area contributed by atoms with Crippen molar-refractivity contribution in [3.05, 3.63) is 76.6 Å². The first kappa shape index (κ1) is 26.7. The first-order valence-electron chi connectivity index (χ1n) is 11.7. The molecule has 0 aliphatic carbocycles. The Morgan fingerprint density at radius 1 is 1.37 bits per heavy atom. The summed E-state index contributed by atoms with van der Waals surface area (Å²) in [4.78, 5) is 17.6. The minimum absolute atomic E-state index is 0.131. The first-order valence-corrected chi connectivity index (χ1v) is 12.0. The van der Waals surface area contributed by atoms with E-state index in [4.69, 9.17) is 21.4 Å². The number of piperazine rings is 1. The van der Waals surface area contributed by atoms with Gasteiger partial charge in [0.2, 0.25) is 0 Å². The third kappa shape index (κ3) is 6.39. The van der Waals surface area contributed by atoms with Crippen molar-refractivity contribution in [2.45, 2.75) is 33.3 Å². The number of phenolic OH excluding ortho intramolecular Hbond substituents is 1. The van der Waals surface area contributed by atoms with E-state index in [2.05, 4.69) is 28.7 Å². The first-order chi connectivity index (χ1) is 16.8. The van der Waals surface area contributed by atoms with Gasteiger partial charge in [-0.2, -0.15) is 0 Å². The van der Waals surface area contributed by atoms with E-state index in [0.29, 0.717) is 6.42 Å². The second kappa shape index (κ2) is 12.2. The van der Waals surface area contributed by atoms with E-state index in [9.17, 15) is 9.50 Å². The predicted molar refractivity (Wildman–Crippen MR) is 139 cm³/mol. The van der Waals surface area contributed by atoms with Gasteiger partial charge in [0.25, 0.3) is 0 Å². The maximum atomic E-state index is 14.0. The number of nitrogens with zero attached hydrogens (tertiary/aromatic N) is 4. The minimum Gasteiger partial charge on any atom is -0.508 e. The highest BCUT2D eigenvalue weighted by Crippen LogP contribution is 2.36. The zero-order valence-electron chi connectivity index (χ0n) is 20.7. The number of nitrogens with one attached hydrogen (secondary N) is 1. The number of benzene rings is 1. The van der Waals surface area contributed by atoms with Gasteiger partial charge in [0.05, 0.1) is 28.8 Å². The molecule has 0 spiro atoms. The molecule has 35 heavy (non-hydrogen) atoms. The topological polar surface area (TPSA) is 73.8 Å². The maximum Gasteiger partial charge on any atom is 0.147 e. The standard InChI is InChI=1S/C26H33ClFN5O2/c1-6-17(3)22(32(5)35-18(4)25-23(34)9-8-20(28)26(25)27)14-19(7-2)21-15-30-16-24(31-21)33-12-10-29-11-13-33/h6,8-9,14-16,18,29,34H,1,7,10-13H2,2-5H3/b19-14+,22-17-. The van der Waals surface area contributed by atoms with Crippen molar-refractivity contribution in [3.8, 4) is 5.75 Å². The summed E-state index contributed by atoms with van der Waals surface area (Å²) in [6.07, 6.45) is 7.27. The largest absolute Gasteiger partial charge is 0.508 e. The SMILES string of the molecule is C=C/C(C)=C(/C=C(\CC)c1cncc(N2CCNCC2)n1)N(C)OC(C)c1c(O)ccc(F)c1Cl. The lowest BCUT2D eigenvalue weighted by atomic mass is 10.1.